The summed E-state index contributed by atoms with van der Waals surface area (Å²) >= 11 is 0. The van der Waals surface area contributed by atoms with Gasteiger partial charge < -0.3 is 14.9 Å². The summed E-state index contributed by atoms with van der Waals surface area (Å²) in [4.78, 5) is 11.8. The number of piperidine rings is 1. The summed E-state index contributed by atoms with van der Waals surface area (Å²) in [5.74, 6) is 0.0992. The van der Waals surface area contributed by atoms with Crippen molar-refractivity contribution in [3.63, 3.8) is 0 Å². The molecular formula is C14H22N2O5S. The van der Waals surface area contributed by atoms with Gasteiger partial charge in [-0.15, -0.1) is 0 Å². The van der Waals surface area contributed by atoms with E-state index < -0.39 is 16.0 Å². The summed E-state index contributed by atoms with van der Waals surface area (Å²) in [6.07, 6.45) is 1.44. The molecule has 22 heavy (non-hydrogen) atoms. The van der Waals surface area contributed by atoms with Crippen LogP contribution in [0.1, 0.15) is 34.7 Å². The number of carbonyl (C=O) groups is 1. The predicted octanol–water partition coefficient (Wildman–Crippen LogP) is 1.04. The lowest BCUT2D eigenvalue weighted by molar-refractivity contribution is 0.0594. The van der Waals surface area contributed by atoms with Gasteiger partial charge in [0, 0.05) is 13.1 Å². The van der Waals surface area contributed by atoms with Crippen LogP contribution in [0.5, 0.6) is 0 Å². The minimum Gasteiger partial charge on any atom is -0.465 e. The standard InChI is InChI=1S/C14H22N2O5S/c1-9-12(14(17)20-3)13(10(2)21-9)22(18,19)16-6-4-11(8-15)5-7-16/h11H,4-8,15H2,1-3H3. The highest BCUT2D eigenvalue weighted by atomic mass is 32.2. The van der Waals surface area contributed by atoms with Gasteiger partial charge in [0.15, 0.2) is 0 Å². The number of methoxy groups -OCH3 is 1. The van der Waals surface area contributed by atoms with Gasteiger partial charge in [0.1, 0.15) is 22.0 Å². The highest BCUT2D eigenvalue weighted by Gasteiger charge is 2.37. The molecule has 1 saturated heterocycles. The van der Waals surface area contributed by atoms with Gasteiger partial charge in [0.05, 0.1) is 7.11 Å². The number of nitrogens with zero attached hydrogens (tertiary/aromatic N) is 1. The van der Waals surface area contributed by atoms with Crippen LogP contribution in [0.3, 0.4) is 0 Å². The van der Waals surface area contributed by atoms with Crippen molar-refractivity contribution < 1.29 is 22.4 Å². The van der Waals surface area contributed by atoms with Crippen molar-refractivity contribution in [2.75, 3.05) is 26.7 Å². The Bertz CT molecular complexity index is 657. The van der Waals surface area contributed by atoms with E-state index in [4.69, 9.17) is 10.2 Å². The van der Waals surface area contributed by atoms with Crippen molar-refractivity contribution in [3.8, 4) is 0 Å². The number of sulfonamides is 1. The molecule has 8 heteroatoms. The lowest BCUT2D eigenvalue weighted by atomic mass is 9.99. The Labute approximate surface area is 130 Å². The summed E-state index contributed by atoms with van der Waals surface area (Å²) in [5.41, 5.74) is 5.62. The number of aryl methyl sites for hydroxylation is 2. The van der Waals surface area contributed by atoms with E-state index in [-0.39, 0.29) is 22.0 Å². The fraction of sp³-hybridized carbons (Fsp3) is 0.643. The molecule has 2 N–H and O–H groups in total. The molecule has 0 bridgehead atoms. The topological polar surface area (TPSA) is 103 Å². The van der Waals surface area contributed by atoms with Crippen LogP contribution in [0.4, 0.5) is 0 Å². The van der Waals surface area contributed by atoms with E-state index in [1.807, 2.05) is 0 Å². The Balaban J connectivity index is 2.40. The first-order chi connectivity index (χ1) is 10.3. The first-order valence-corrected chi connectivity index (χ1v) is 8.65. The fourth-order valence-corrected chi connectivity index (χ4v) is 4.67. The van der Waals surface area contributed by atoms with Gasteiger partial charge in [-0.25, -0.2) is 13.2 Å². The number of rotatable bonds is 4. The number of hydrogen-bond acceptors (Lipinski definition) is 6. The van der Waals surface area contributed by atoms with Crippen molar-refractivity contribution in [2.45, 2.75) is 31.6 Å². The van der Waals surface area contributed by atoms with E-state index in [0.29, 0.717) is 25.6 Å². The monoisotopic (exact) mass is 330 g/mol. The van der Waals surface area contributed by atoms with Crippen LogP contribution in [-0.2, 0) is 14.8 Å². The predicted molar refractivity (Wildman–Crippen MR) is 80.1 cm³/mol. The smallest absolute Gasteiger partial charge is 0.342 e. The maximum Gasteiger partial charge on any atom is 0.342 e. The number of carbonyl (C=O) groups excluding carboxylic acids is 1. The average molecular weight is 330 g/mol. The molecule has 1 fully saturated rings. The maximum atomic E-state index is 12.9. The lowest BCUT2D eigenvalue weighted by Crippen LogP contribution is -2.40. The van der Waals surface area contributed by atoms with Gasteiger partial charge in [-0.1, -0.05) is 0 Å². The van der Waals surface area contributed by atoms with E-state index in [0.717, 1.165) is 12.8 Å². The molecule has 0 aliphatic carbocycles. The third-order valence-electron chi connectivity index (χ3n) is 4.10. The Morgan fingerprint density at radius 1 is 1.32 bits per heavy atom. The van der Waals surface area contributed by atoms with Gasteiger partial charge in [-0.3, -0.25) is 0 Å². The quantitative estimate of drug-likeness (QED) is 0.828. The molecule has 1 aromatic rings. The Kier molecular flexibility index (Phi) is 4.93. The second kappa shape index (κ2) is 6.39. The van der Waals surface area contributed by atoms with E-state index in [2.05, 4.69) is 4.74 Å². The first-order valence-electron chi connectivity index (χ1n) is 7.21. The van der Waals surface area contributed by atoms with Crippen LogP contribution in [0, 0.1) is 19.8 Å². The summed E-state index contributed by atoms with van der Waals surface area (Å²) in [5, 5.41) is 0. The third kappa shape index (κ3) is 2.90. The van der Waals surface area contributed by atoms with E-state index in [1.165, 1.54) is 11.4 Å². The fourth-order valence-electron chi connectivity index (χ4n) is 2.83. The molecule has 0 spiro atoms. The summed E-state index contributed by atoms with van der Waals surface area (Å²) < 4.78 is 37.2. The van der Waals surface area contributed by atoms with Crippen LogP contribution in [-0.4, -0.2) is 45.4 Å². The van der Waals surface area contributed by atoms with Crippen LogP contribution in [0.2, 0.25) is 0 Å². The van der Waals surface area contributed by atoms with Gasteiger partial charge >= 0.3 is 5.97 Å². The molecule has 0 aromatic carbocycles. The molecule has 1 aliphatic rings. The molecule has 0 atom stereocenters. The molecule has 0 saturated carbocycles. The summed E-state index contributed by atoms with van der Waals surface area (Å²) in [6.45, 7) is 4.45. The van der Waals surface area contributed by atoms with Crippen molar-refractivity contribution in [3.05, 3.63) is 17.1 Å². The number of esters is 1. The number of furan rings is 1. The van der Waals surface area contributed by atoms with Crippen molar-refractivity contribution in [1.82, 2.24) is 4.31 Å². The molecule has 2 rings (SSSR count). The van der Waals surface area contributed by atoms with Crippen LogP contribution in [0.15, 0.2) is 9.31 Å². The van der Waals surface area contributed by atoms with Crippen molar-refractivity contribution >= 4 is 16.0 Å². The van der Waals surface area contributed by atoms with Crippen LogP contribution >= 0.6 is 0 Å². The van der Waals surface area contributed by atoms with Crippen molar-refractivity contribution in [1.29, 1.82) is 0 Å². The number of nitrogens with two attached hydrogens (primary N) is 1. The highest BCUT2D eigenvalue weighted by molar-refractivity contribution is 7.89. The van der Waals surface area contributed by atoms with Gasteiger partial charge in [0.25, 0.3) is 0 Å². The van der Waals surface area contributed by atoms with Crippen molar-refractivity contribution in [2.24, 2.45) is 11.7 Å². The maximum absolute atomic E-state index is 12.9. The van der Waals surface area contributed by atoms with Gasteiger partial charge in [-0.2, -0.15) is 4.31 Å². The van der Waals surface area contributed by atoms with Crippen LogP contribution in [0.25, 0.3) is 0 Å². The zero-order chi connectivity index (χ0) is 16.5. The molecule has 1 aliphatic heterocycles. The minimum atomic E-state index is -3.79. The molecule has 2 heterocycles. The van der Waals surface area contributed by atoms with E-state index in [1.54, 1.807) is 13.8 Å². The molecule has 0 unspecified atom stereocenters. The molecule has 124 valence electrons. The number of hydrogen-bond donors (Lipinski definition) is 1. The largest absolute Gasteiger partial charge is 0.465 e. The molecular weight excluding hydrogens is 308 g/mol. The second-order valence-electron chi connectivity index (χ2n) is 5.49. The number of ether oxygens (including phenoxy) is 1. The minimum absolute atomic E-state index is 0.0130. The van der Waals surface area contributed by atoms with E-state index in [9.17, 15) is 13.2 Å². The first kappa shape index (κ1) is 17.0. The molecule has 1 aromatic heterocycles. The molecule has 0 amide bonds. The Hall–Kier alpha value is -1.38. The average Bonchev–Trinajstić information content (AvgIpc) is 2.81. The van der Waals surface area contributed by atoms with Gasteiger partial charge in [-0.05, 0) is 39.2 Å². The summed E-state index contributed by atoms with van der Waals surface area (Å²) in [7, 11) is -2.58. The zero-order valence-electron chi connectivity index (χ0n) is 13.1. The zero-order valence-corrected chi connectivity index (χ0v) is 13.9. The highest BCUT2D eigenvalue weighted by Crippen LogP contribution is 2.31. The van der Waals surface area contributed by atoms with Gasteiger partial charge in [0.2, 0.25) is 10.0 Å². The lowest BCUT2D eigenvalue weighted by Gasteiger charge is -2.30. The Morgan fingerprint density at radius 3 is 2.41 bits per heavy atom. The molecule has 0 radical (unpaired) electrons. The third-order valence-corrected chi connectivity index (χ3v) is 6.15. The second-order valence-corrected chi connectivity index (χ2v) is 7.37. The van der Waals surface area contributed by atoms with Crippen LogP contribution < -0.4 is 5.73 Å². The SMILES string of the molecule is COC(=O)c1c(C)oc(C)c1S(=O)(=O)N1CCC(CN)CC1. The Morgan fingerprint density at radius 2 is 1.91 bits per heavy atom. The van der Waals surface area contributed by atoms with E-state index >= 15 is 0 Å². The summed E-state index contributed by atoms with van der Waals surface area (Å²) in [6, 6.07) is 0. The molecule has 7 nitrogen and oxygen atoms in total. The normalized spacial score (nSPS) is 17.6.